The zero-order chi connectivity index (χ0) is 13.8. The number of rotatable bonds is 3. The Morgan fingerprint density at radius 1 is 0.895 bits per heavy atom. The Balaban J connectivity index is 2.15. The third-order valence-electron chi connectivity index (χ3n) is 3.01. The lowest BCUT2D eigenvalue weighted by Crippen LogP contribution is -2.22. The van der Waals surface area contributed by atoms with Crippen LogP contribution in [0, 0.1) is 13.8 Å². The van der Waals surface area contributed by atoms with Gasteiger partial charge in [0, 0.05) is 11.3 Å². The zero-order valence-corrected chi connectivity index (χ0v) is 10.9. The molecule has 3 heteroatoms. The van der Waals surface area contributed by atoms with E-state index < -0.39 is 11.7 Å². The molecule has 0 heterocycles. The van der Waals surface area contributed by atoms with Crippen molar-refractivity contribution in [2.45, 2.75) is 13.8 Å². The topological polar surface area (TPSA) is 46.2 Å². The van der Waals surface area contributed by atoms with Crippen LogP contribution in [0.1, 0.15) is 21.5 Å². The van der Waals surface area contributed by atoms with Crippen LogP contribution in [-0.2, 0) is 4.79 Å². The Bertz CT molecular complexity index is 618. The van der Waals surface area contributed by atoms with Crippen molar-refractivity contribution in [1.82, 2.24) is 0 Å². The molecule has 0 radical (unpaired) electrons. The van der Waals surface area contributed by atoms with E-state index in [4.69, 9.17) is 0 Å². The first-order valence-electron chi connectivity index (χ1n) is 6.06. The van der Waals surface area contributed by atoms with E-state index in [2.05, 4.69) is 5.32 Å². The number of benzene rings is 2. The van der Waals surface area contributed by atoms with E-state index >= 15 is 0 Å². The molecule has 2 rings (SSSR count). The number of hydrogen-bond donors (Lipinski definition) is 1. The molecule has 0 spiro atoms. The van der Waals surface area contributed by atoms with Gasteiger partial charge in [-0.25, -0.2) is 0 Å². The number of anilines is 1. The van der Waals surface area contributed by atoms with Gasteiger partial charge in [-0.05, 0) is 43.2 Å². The molecule has 0 saturated heterocycles. The van der Waals surface area contributed by atoms with Gasteiger partial charge in [-0.2, -0.15) is 0 Å². The molecule has 0 fully saturated rings. The van der Waals surface area contributed by atoms with Gasteiger partial charge in [0.1, 0.15) is 0 Å². The largest absolute Gasteiger partial charge is 0.319 e. The second-order valence-electron chi connectivity index (χ2n) is 4.45. The third-order valence-corrected chi connectivity index (χ3v) is 3.01. The molecule has 2 aromatic carbocycles. The molecular weight excluding hydrogens is 238 g/mol. The Hall–Kier alpha value is -2.42. The van der Waals surface area contributed by atoms with E-state index in [-0.39, 0.29) is 0 Å². The Morgan fingerprint density at radius 2 is 1.58 bits per heavy atom. The number of aryl methyl sites for hydroxylation is 2. The van der Waals surface area contributed by atoms with Crippen LogP contribution in [0.3, 0.4) is 0 Å². The minimum Gasteiger partial charge on any atom is -0.319 e. The summed E-state index contributed by atoms with van der Waals surface area (Å²) in [6, 6.07) is 14.2. The molecule has 1 N–H and O–H groups in total. The molecule has 0 unspecified atom stereocenters. The van der Waals surface area contributed by atoms with Crippen LogP contribution in [-0.4, -0.2) is 11.7 Å². The van der Waals surface area contributed by atoms with E-state index in [0.29, 0.717) is 11.3 Å². The van der Waals surface area contributed by atoms with Crippen LogP contribution in [0.4, 0.5) is 5.69 Å². The van der Waals surface area contributed by atoms with Crippen LogP contribution in [0.5, 0.6) is 0 Å². The lowest BCUT2D eigenvalue weighted by molar-refractivity contribution is -0.112. The summed E-state index contributed by atoms with van der Waals surface area (Å²) >= 11 is 0. The molecule has 0 aliphatic carbocycles. The van der Waals surface area contributed by atoms with Crippen LogP contribution < -0.4 is 5.32 Å². The average molecular weight is 253 g/mol. The summed E-state index contributed by atoms with van der Waals surface area (Å²) in [6.45, 7) is 3.88. The lowest BCUT2D eigenvalue weighted by Gasteiger charge is -2.06. The Morgan fingerprint density at radius 3 is 2.21 bits per heavy atom. The van der Waals surface area contributed by atoms with Gasteiger partial charge in [-0.1, -0.05) is 30.3 Å². The van der Waals surface area contributed by atoms with Gasteiger partial charge in [-0.15, -0.1) is 0 Å². The quantitative estimate of drug-likeness (QED) is 0.674. The van der Waals surface area contributed by atoms with Crippen molar-refractivity contribution in [3.05, 3.63) is 65.2 Å². The first-order chi connectivity index (χ1) is 9.08. The maximum Gasteiger partial charge on any atom is 0.296 e. The fourth-order valence-corrected chi connectivity index (χ4v) is 1.72. The number of amides is 1. The van der Waals surface area contributed by atoms with Gasteiger partial charge >= 0.3 is 0 Å². The fraction of sp³-hybridized carbons (Fsp3) is 0.125. The van der Waals surface area contributed by atoms with Crippen molar-refractivity contribution in [2.75, 3.05) is 5.32 Å². The molecule has 2 aromatic rings. The maximum absolute atomic E-state index is 12.0. The van der Waals surface area contributed by atoms with Gasteiger partial charge in [0.2, 0.25) is 0 Å². The first kappa shape index (κ1) is 13.0. The van der Waals surface area contributed by atoms with Crippen molar-refractivity contribution >= 4 is 17.4 Å². The van der Waals surface area contributed by atoms with Crippen LogP contribution in [0.25, 0.3) is 0 Å². The molecule has 0 aromatic heterocycles. The Labute approximate surface area is 112 Å². The number of hydrogen-bond acceptors (Lipinski definition) is 2. The summed E-state index contributed by atoms with van der Waals surface area (Å²) in [5.74, 6) is -1.14. The zero-order valence-electron chi connectivity index (χ0n) is 10.9. The smallest absolute Gasteiger partial charge is 0.296 e. The maximum atomic E-state index is 12.0. The summed E-state index contributed by atoms with van der Waals surface area (Å²) < 4.78 is 0. The van der Waals surface area contributed by atoms with Crippen molar-refractivity contribution in [3.8, 4) is 0 Å². The van der Waals surface area contributed by atoms with Gasteiger partial charge in [0.05, 0.1) is 0 Å². The molecule has 0 saturated carbocycles. The third kappa shape index (κ3) is 3.07. The van der Waals surface area contributed by atoms with Gasteiger partial charge in [-0.3, -0.25) is 9.59 Å². The van der Waals surface area contributed by atoms with Crippen LogP contribution in [0.2, 0.25) is 0 Å². The molecule has 0 atom stereocenters. The Kier molecular flexibility index (Phi) is 3.76. The van der Waals surface area contributed by atoms with Crippen molar-refractivity contribution < 1.29 is 9.59 Å². The minimum absolute atomic E-state index is 0.413. The second kappa shape index (κ2) is 5.48. The molecule has 0 aliphatic heterocycles. The summed E-state index contributed by atoms with van der Waals surface area (Å²) in [4.78, 5) is 23.8. The van der Waals surface area contributed by atoms with E-state index in [9.17, 15) is 9.59 Å². The molecule has 96 valence electrons. The van der Waals surface area contributed by atoms with Crippen LogP contribution in [0.15, 0.2) is 48.5 Å². The molecule has 1 amide bonds. The number of Topliss-reactive ketones (excluding diaryl/α,β-unsaturated/α-hetero) is 1. The number of ketones is 1. The van der Waals surface area contributed by atoms with E-state index in [0.717, 1.165) is 11.1 Å². The summed E-state index contributed by atoms with van der Waals surface area (Å²) in [5.41, 5.74) is 3.12. The molecule has 3 nitrogen and oxygen atoms in total. The summed E-state index contributed by atoms with van der Waals surface area (Å²) in [5, 5.41) is 2.59. The average Bonchev–Trinajstić information content (AvgIpc) is 2.42. The highest BCUT2D eigenvalue weighted by atomic mass is 16.2. The first-order valence-corrected chi connectivity index (χ1v) is 6.06. The number of carbonyl (C=O) groups is 2. The lowest BCUT2D eigenvalue weighted by atomic mass is 10.0. The molecule has 0 bridgehead atoms. The van der Waals surface area contributed by atoms with Crippen LogP contribution >= 0.6 is 0 Å². The number of carbonyl (C=O) groups excluding carboxylic acids is 2. The summed E-state index contributed by atoms with van der Waals surface area (Å²) in [6.07, 6.45) is 0. The molecular formula is C16H15NO2. The SMILES string of the molecule is Cc1ccc(C(=O)C(=O)Nc2ccccc2)cc1C. The molecule has 0 aliphatic rings. The number of para-hydroxylation sites is 1. The fourth-order valence-electron chi connectivity index (χ4n) is 1.72. The van der Waals surface area contributed by atoms with Crippen molar-refractivity contribution in [1.29, 1.82) is 0 Å². The van der Waals surface area contributed by atoms with Gasteiger partial charge in [0.15, 0.2) is 0 Å². The number of nitrogens with one attached hydrogen (secondary N) is 1. The monoisotopic (exact) mass is 253 g/mol. The predicted octanol–water partition coefficient (Wildman–Crippen LogP) is 3.12. The van der Waals surface area contributed by atoms with Gasteiger partial charge in [0.25, 0.3) is 11.7 Å². The van der Waals surface area contributed by atoms with E-state index in [1.54, 1.807) is 36.4 Å². The van der Waals surface area contributed by atoms with Gasteiger partial charge < -0.3 is 5.32 Å². The normalized spacial score (nSPS) is 10.0. The summed E-state index contributed by atoms with van der Waals surface area (Å²) in [7, 11) is 0. The highest BCUT2D eigenvalue weighted by molar-refractivity contribution is 6.46. The highest BCUT2D eigenvalue weighted by Gasteiger charge is 2.16. The van der Waals surface area contributed by atoms with Crippen molar-refractivity contribution in [3.63, 3.8) is 0 Å². The second-order valence-corrected chi connectivity index (χ2v) is 4.45. The predicted molar refractivity (Wildman–Crippen MR) is 75.3 cm³/mol. The minimum atomic E-state index is -0.616. The van der Waals surface area contributed by atoms with Crippen molar-refractivity contribution in [2.24, 2.45) is 0 Å². The van der Waals surface area contributed by atoms with E-state index in [1.165, 1.54) is 0 Å². The molecule has 19 heavy (non-hydrogen) atoms. The standard InChI is InChI=1S/C16H15NO2/c1-11-8-9-13(10-12(11)2)15(18)16(19)17-14-6-4-3-5-7-14/h3-10H,1-2H3,(H,17,19). The van der Waals surface area contributed by atoms with E-state index in [1.807, 2.05) is 26.0 Å². The highest BCUT2D eigenvalue weighted by Crippen LogP contribution is 2.12.